The zero-order valence-corrected chi connectivity index (χ0v) is 10.5. The molecule has 0 saturated carbocycles. The monoisotopic (exact) mass is 285 g/mol. The van der Waals surface area contributed by atoms with E-state index in [4.69, 9.17) is 5.53 Å². The Hall–Kier alpha value is -1.77. The third-order valence-electron chi connectivity index (χ3n) is 3.02. The molecule has 0 saturated heterocycles. The molecule has 2 aromatic carbocycles. The zero-order valence-electron chi connectivity index (χ0n) is 8.89. The molecule has 0 bridgehead atoms. The van der Waals surface area contributed by atoms with Crippen molar-refractivity contribution in [1.29, 1.82) is 0 Å². The van der Waals surface area contributed by atoms with Gasteiger partial charge in [0, 0.05) is 9.39 Å². The maximum absolute atomic E-state index is 8.44. The van der Waals surface area contributed by atoms with Crippen molar-refractivity contribution in [3.05, 3.63) is 58.0 Å². The van der Waals surface area contributed by atoms with Crippen molar-refractivity contribution in [2.24, 2.45) is 5.11 Å². The number of benzene rings is 2. The molecule has 0 aromatic heterocycles. The highest BCUT2D eigenvalue weighted by atomic mass is 79.9. The molecule has 0 aliphatic heterocycles. The summed E-state index contributed by atoms with van der Waals surface area (Å²) in [4.78, 5) is 2.83. The van der Waals surface area contributed by atoms with Crippen molar-refractivity contribution < 1.29 is 0 Å². The average molecular weight is 286 g/mol. The average Bonchev–Trinajstić information content (AvgIpc) is 2.64. The second kappa shape index (κ2) is 3.91. The minimum atomic E-state index is 0.380. The molecule has 82 valence electrons. The highest BCUT2D eigenvalue weighted by Crippen LogP contribution is 2.44. The molecule has 0 fully saturated rings. The largest absolute Gasteiger partial charge is 0.0892 e. The van der Waals surface area contributed by atoms with Gasteiger partial charge in [-0.2, -0.15) is 0 Å². The summed E-state index contributed by atoms with van der Waals surface area (Å²) < 4.78 is 1.04. The Morgan fingerprint density at radius 1 is 1.12 bits per heavy atom. The van der Waals surface area contributed by atoms with Gasteiger partial charge in [0.1, 0.15) is 0 Å². The minimum absolute atomic E-state index is 0.380. The van der Waals surface area contributed by atoms with E-state index in [9.17, 15) is 0 Å². The van der Waals surface area contributed by atoms with E-state index in [1.165, 1.54) is 16.3 Å². The Morgan fingerprint density at radius 3 is 2.53 bits per heavy atom. The highest BCUT2D eigenvalue weighted by Gasteiger charge is 2.21. The molecule has 17 heavy (non-hydrogen) atoms. The Morgan fingerprint density at radius 2 is 1.82 bits per heavy atom. The molecule has 0 atom stereocenters. The summed E-state index contributed by atoms with van der Waals surface area (Å²) in [6.45, 7) is 0.380. The van der Waals surface area contributed by atoms with Crippen molar-refractivity contribution in [3.8, 4) is 0 Å². The lowest BCUT2D eigenvalue weighted by molar-refractivity contribution is 1.24. The summed E-state index contributed by atoms with van der Waals surface area (Å²) in [6, 6.07) is 12.4. The molecule has 0 heterocycles. The first-order valence-corrected chi connectivity index (χ1v) is 6.04. The Balaban J connectivity index is 2.32. The van der Waals surface area contributed by atoms with E-state index >= 15 is 0 Å². The molecule has 1 aliphatic carbocycles. The van der Waals surface area contributed by atoms with Gasteiger partial charge in [-0.05, 0) is 48.9 Å². The Bertz CT molecular complexity index is 692. The van der Waals surface area contributed by atoms with Crippen LogP contribution in [0.5, 0.6) is 0 Å². The van der Waals surface area contributed by atoms with Crippen LogP contribution in [0.4, 0.5) is 0 Å². The lowest BCUT2D eigenvalue weighted by Crippen LogP contribution is -1.85. The molecule has 3 rings (SSSR count). The fourth-order valence-electron chi connectivity index (χ4n) is 2.31. The summed E-state index contributed by atoms with van der Waals surface area (Å²) in [6.07, 6.45) is 0. The van der Waals surface area contributed by atoms with Crippen LogP contribution in [0.1, 0.15) is 11.1 Å². The number of hydrogen-bond donors (Lipinski definition) is 0. The van der Waals surface area contributed by atoms with Crippen molar-refractivity contribution >= 4 is 36.8 Å². The van der Waals surface area contributed by atoms with Gasteiger partial charge in [0.25, 0.3) is 0 Å². The second-order valence-corrected chi connectivity index (χ2v) is 4.68. The first-order valence-electron chi connectivity index (χ1n) is 5.25. The molecule has 0 N–H and O–H groups in total. The van der Waals surface area contributed by atoms with E-state index in [2.05, 4.69) is 50.2 Å². The summed E-state index contributed by atoms with van der Waals surface area (Å²) >= 11 is 3.60. The van der Waals surface area contributed by atoms with Gasteiger partial charge in [-0.25, -0.2) is 0 Å². The molecule has 1 aliphatic rings. The molecule has 0 radical (unpaired) electrons. The number of halogens is 1. The quantitative estimate of drug-likeness (QED) is 0.435. The van der Waals surface area contributed by atoms with E-state index in [-0.39, 0.29) is 0 Å². The number of azide groups is 1. The maximum Gasteiger partial charge on any atom is 0.0528 e. The van der Waals surface area contributed by atoms with E-state index in [1.54, 1.807) is 0 Å². The Kier molecular flexibility index (Phi) is 2.39. The highest BCUT2D eigenvalue weighted by molar-refractivity contribution is 9.15. The van der Waals surface area contributed by atoms with E-state index in [0.29, 0.717) is 6.54 Å². The van der Waals surface area contributed by atoms with Crippen LogP contribution in [-0.2, 0) is 0 Å². The molecule has 3 nitrogen and oxygen atoms in total. The predicted octanol–water partition coefficient (Wildman–Crippen LogP) is 4.73. The summed E-state index contributed by atoms with van der Waals surface area (Å²) in [7, 11) is 0. The van der Waals surface area contributed by atoms with E-state index in [0.717, 1.165) is 15.6 Å². The molecule has 0 amide bonds. The van der Waals surface area contributed by atoms with Crippen molar-refractivity contribution in [3.63, 3.8) is 0 Å². The third-order valence-corrected chi connectivity index (χ3v) is 3.93. The summed E-state index contributed by atoms with van der Waals surface area (Å²) in [5, 5.41) is 6.12. The predicted molar refractivity (Wildman–Crippen MR) is 73.7 cm³/mol. The van der Waals surface area contributed by atoms with Crippen LogP contribution in [0.25, 0.3) is 31.3 Å². The normalized spacial score (nSPS) is 13.0. The van der Waals surface area contributed by atoms with Gasteiger partial charge in [-0.3, -0.25) is 0 Å². The number of nitrogens with zero attached hydrogens (tertiary/aromatic N) is 3. The van der Waals surface area contributed by atoms with Crippen LogP contribution in [0.2, 0.25) is 0 Å². The van der Waals surface area contributed by atoms with Gasteiger partial charge < -0.3 is 0 Å². The van der Waals surface area contributed by atoms with Gasteiger partial charge in [0.15, 0.2) is 0 Å². The maximum atomic E-state index is 8.44. The molecular weight excluding hydrogens is 278 g/mol. The van der Waals surface area contributed by atoms with Gasteiger partial charge in [0.05, 0.1) is 6.54 Å². The fourth-order valence-corrected chi connectivity index (χ4v) is 2.98. The molecule has 4 heteroatoms. The SMILES string of the molecule is [N-]=[N+]=NCC1=C(Br)c2cccc3cccc1c23. The van der Waals surface area contributed by atoms with Gasteiger partial charge in [-0.1, -0.05) is 41.5 Å². The van der Waals surface area contributed by atoms with Crippen LogP contribution in [0.3, 0.4) is 0 Å². The second-order valence-electron chi connectivity index (χ2n) is 3.89. The Labute approximate surface area is 107 Å². The fraction of sp³-hybridized carbons (Fsp3) is 0.0769. The van der Waals surface area contributed by atoms with Crippen molar-refractivity contribution in [1.82, 2.24) is 0 Å². The first kappa shape index (κ1) is 10.4. The van der Waals surface area contributed by atoms with E-state index in [1.807, 2.05) is 12.1 Å². The lowest BCUT2D eigenvalue weighted by atomic mass is 10.0. The number of hydrogen-bond acceptors (Lipinski definition) is 1. The van der Waals surface area contributed by atoms with Crippen LogP contribution in [0.15, 0.2) is 41.5 Å². The van der Waals surface area contributed by atoms with Crippen LogP contribution >= 0.6 is 15.9 Å². The zero-order chi connectivity index (χ0) is 11.8. The topological polar surface area (TPSA) is 48.8 Å². The van der Waals surface area contributed by atoms with Crippen LogP contribution in [0, 0.1) is 0 Å². The van der Waals surface area contributed by atoms with Crippen molar-refractivity contribution in [2.45, 2.75) is 0 Å². The van der Waals surface area contributed by atoms with Gasteiger partial charge in [-0.15, -0.1) is 0 Å². The standard InChI is InChI=1S/C13H8BrN3/c14-13-10-6-2-4-8-3-1-5-9(12(8)10)11(13)7-16-17-15/h1-6H,7H2. The lowest BCUT2D eigenvalue weighted by Gasteiger charge is -2.02. The van der Waals surface area contributed by atoms with Crippen molar-refractivity contribution in [2.75, 3.05) is 6.54 Å². The first-order chi connectivity index (χ1) is 8.33. The van der Waals surface area contributed by atoms with Gasteiger partial charge >= 0.3 is 0 Å². The molecule has 2 aromatic rings. The summed E-state index contributed by atoms with van der Waals surface area (Å²) in [5.41, 5.74) is 11.9. The molecule has 0 spiro atoms. The summed E-state index contributed by atoms with van der Waals surface area (Å²) in [5.74, 6) is 0. The molecule has 0 unspecified atom stereocenters. The van der Waals surface area contributed by atoms with Gasteiger partial charge in [0.2, 0.25) is 0 Å². The molecular formula is C13H8BrN3. The van der Waals surface area contributed by atoms with E-state index < -0.39 is 0 Å². The smallest absolute Gasteiger partial charge is 0.0528 e. The minimum Gasteiger partial charge on any atom is -0.0892 e. The third kappa shape index (κ3) is 1.46. The van der Waals surface area contributed by atoms with Crippen LogP contribution in [-0.4, -0.2) is 6.54 Å². The van der Waals surface area contributed by atoms with Crippen LogP contribution < -0.4 is 0 Å². The number of rotatable bonds is 2.